The van der Waals surface area contributed by atoms with Gasteiger partial charge in [0.25, 0.3) is 0 Å². The van der Waals surface area contributed by atoms with E-state index >= 15 is 0 Å². The van der Waals surface area contributed by atoms with Crippen molar-refractivity contribution in [3.8, 4) is 33.8 Å². The van der Waals surface area contributed by atoms with Crippen LogP contribution in [0.25, 0.3) is 33.8 Å². The van der Waals surface area contributed by atoms with Crippen LogP contribution in [-0.2, 0) is 26.5 Å². The number of pyridine rings is 1. The Hall–Kier alpha value is -3.46. The quantitative estimate of drug-likeness (QED) is 0.184. The van der Waals surface area contributed by atoms with Crippen molar-refractivity contribution in [2.45, 2.75) is 27.2 Å². The number of aromatic nitrogens is 3. The Kier molecular flexibility index (Phi) is 10.2. The van der Waals surface area contributed by atoms with Gasteiger partial charge in [0, 0.05) is 38.7 Å². The monoisotopic (exact) mass is 648 g/mol. The molecule has 0 aliphatic heterocycles. The second-order valence-corrected chi connectivity index (χ2v) is 8.80. The molecule has 0 unspecified atom stereocenters. The van der Waals surface area contributed by atoms with E-state index in [4.69, 9.17) is 0 Å². The summed E-state index contributed by atoms with van der Waals surface area (Å²) in [6.45, 7) is 6.63. The molecule has 1 radical (unpaired) electrons. The molecule has 5 aromatic rings. The molecule has 36 heavy (non-hydrogen) atoms. The zero-order valence-corrected chi connectivity index (χ0v) is 23.2. The number of hydrogen-bond donors (Lipinski definition) is 0. The Bertz CT molecular complexity index is 1280. The third-order valence-electron chi connectivity index (χ3n) is 5.55. The molecule has 0 N–H and O–H groups in total. The molecular weight excluding hydrogens is 619 g/mol. The molecule has 3 aromatic carbocycles. The summed E-state index contributed by atoms with van der Waals surface area (Å²) < 4.78 is 0. The smallest absolute Gasteiger partial charge is 0.0748 e. The van der Waals surface area contributed by atoms with Crippen molar-refractivity contribution in [1.29, 1.82) is 0 Å². The topological polar surface area (TPSA) is 38.7 Å². The largest absolute Gasteiger partial charge is 0.304 e. The van der Waals surface area contributed by atoms with E-state index in [-0.39, 0.29) is 20.1 Å². The van der Waals surface area contributed by atoms with E-state index in [0.717, 1.165) is 28.8 Å². The van der Waals surface area contributed by atoms with Gasteiger partial charge in [0.2, 0.25) is 0 Å². The van der Waals surface area contributed by atoms with Gasteiger partial charge in [0.15, 0.2) is 0 Å². The first-order chi connectivity index (χ1) is 17.1. The molecule has 183 valence electrons. The Balaban J connectivity index is 0.000000196. The van der Waals surface area contributed by atoms with E-state index in [1.807, 2.05) is 66.9 Å². The molecule has 3 nitrogen and oxygen atoms in total. The van der Waals surface area contributed by atoms with Crippen molar-refractivity contribution < 1.29 is 20.1 Å². The number of hydrogen-bond acceptors (Lipinski definition) is 3. The molecule has 2 aromatic heterocycles. The fourth-order valence-corrected chi connectivity index (χ4v) is 3.78. The first kappa shape index (κ1) is 27.1. The van der Waals surface area contributed by atoms with Gasteiger partial charge in [0.05, 0.1) is 5.82 Å². The maximum absolute atomic E-state index is 4.53. The summed E-state index contributed by atoms with van der Waals surface area (Å²) in [7, 11) is 0. The van der Waals surface area contributed by atoms with Crippen LogP contribution < -0.4 is 0 Å². The molecule has 0 bridgehead atoms. The van der Waals surface area contributed by atoms with Gasteiger partial charge in [-0.05, 0) is 42.1 Å². The zero-order chi connectivity index (χ0) is 24.5. The molecule has 0 aliphatic rings. The van der Waals surface area contributed by atoms with Crippen LogP contribution in [0.2, 0.25) is 0 Å². The van der Waals surface area contributed by atoms with Crippen molar-refractivity contribution in [2.24, 2.45) is 5.92 Å². The second-order valence-electron chi connectivity index (χ2n) is 8.80. The third-order valence-corrected chi connectivity index (χ3v) is 5.55. The van der Waals surface area contributed by atoms with Crippen LogP contribution in [0.1, 0.15) is 25.0 Å². The molecule has 2 heterocycles. The van der Waals surface area contributed by atoms with Crippen LogP contribution in [0.4, 0.5) is 0 Å². The van der Waals surface area contributed by atoms with Crippen molar-refractivity contribution >= 4 is 0 Å². The number of benzene rings is 3. The van der Waals surface area contributed by atoms with Gasteiger partial charge in [-0.2, -0.15) is 0 Å². The number of rotatable bonds is 5. The van der Waals surface area contributed by atoms with E-state index < -0.39 is 0 Å². The fourth-order valence-electron chi connectivity index (χ4n) is 3.78. The fraction of sp³-hybridized carbons (Fsp3) is 0.156. The van der Waals surface area contributed by atoms with Crippen molar-refractivity contribution in [3.05, 3.63) is 127 Å². The summed E-state index contributed by atoms with van der Waals surface area (Å²) in [5, 5.41) is 0. The molecule has 0 fully saturated rings. The number of nitrogens with zero attached hydrogens (tertiary/aromatic N) is 3. The Morgan fingerprint density at radius 3 is 2.11 bits per heavy atom. The molecule has 0 saturated carbocycles. The molecule has 0 aliphatic carbocycles. The molecule has 0 spiro atoms. The van der Waals surface area contributed by atoms with Crippen LogP contribution >= 0.6 is 0 Å². The van der Waals surface area contributed by atoms with Crippen molar-refractivity contribution in [2.75, 3.05) is 0 Å². The molecular formula is C32H29IrN3-2. The normalized spacial score (nSPS) is 10.2. The van der Waals surface area contributed by atoms with Gasteiger partial charge in [-0.25, -0.2) is 0 Å². The van der Waals surface area contributed by atoms with Crippen LogP contribution in [-0.4, -0.2) is 15.0 Å². The number of aryl methyl sites for hydroxylation is 1. The van der Waals surface area contributed by atoms with Crippen LogP contribution in [0.5, 0.6) is 0 Å². The molecule has 4 heteroatoms. The molecule has 0 saturated heterocycles. The maximum atomic E-state index is 4.53. The Labute approximate surface area is 228 Å². The van der Waals surface area contributed by atoms with E-state index in [0.29, 0.717) is 11.7 Å². The maximum Gasteiger partial charge on any atom is 0.0748 e. The van der Waals surface area contributed by atoms with E-state index in [1.54, 1.807) is 12.4 Å². The summed E-state index contributed by atoms with van der Waals surface area (Å²) in [6.07, 6.45) is 6.58. The average Bonchev–Trinajstić information content (AvgIpc) is 2.92. The van der Waals surface area contributed by atoms with E-state index in [1.165, 1.54) is 16.7 Å². The standard InChI is InChI=1S/C16H11N2.C16H18N.Ir/c1-2-6-13(7-3-1)14-8-4-9-15(12-14)16-17-10-5-11-18-16;1-12(2)9-15-11-17-16(10-13(15)3)14-7-5-4-6-8-14;/h1-8,10-12H;4-7,10-12H,9H2,1-3H3;/q2*-1;. The Morgan fingerprint density at radius 1 is 0.722 bits per heavy atom. The molecule has 5 rings (SSSR count). The van der Waals surface area contributed by atoms with Gasteiger partial charge in [-0.3, -0.25) is 9.97 Å². The minimum absolute atomic E-state index is 0. The predicted octanol–water partition coefficient (Wildman–Crippen LogP) is 7.66. The third kappa shape index (κ3) is 7.52. The van der Waals surface area contributed by atoms with Crippen LogP contribution in [0.15, 0.2) is 104 Å². The summed E-state index contributed by atoms with van der Waals surface area (Å²) in [5.74, 6) is 1.37. The van der Waals surface area contributed by atoms with Gasteiger partial charge in [-0.15, -0.1) is 71.3 Å². The minimum atomic E-state index is 0. The molecule has 0 atom stereocenters. The first-order valence-electron chi connectivity index (χ1n) is 11.9. The van der Waals surface area contributed by atoms with Gasteiger partial charge in [-0.1, -0.05) is 55.8 Å². The van der Waals surface area contributed by atoms with Crippen molar-refractivity contribution in [3.63, 3.8) is 0 Å². The summed E-state index contributed by atoms with van der Waals surface area (Å²) in [6, 6.07) is 34.6. The van der Waals surface area contributed by atoms with Gasteiger partial charge >= 0.3 is 0 Å². The van der Waals surface area contributed by atoms with Crippen LogP contribution in [0, 0.1) is 25.0 Å². The van der Waals surface area contributed by atoms with E-state index in [2.05, 4.69) is 72.1 Å². The van der Waals surface area contributed by atoms with Gasteiger partial charge < -0.3 is 4.98 Å². The second kappa shape index (κ2) is 13.6. The van der Waals surface area contributed by atoms with E-state index in [9.17, 15) is 0 Å². The van der Waals surface area contributed by atoms with Gasteiger partial charge in [0.1, 0.15) is 0 Å². The summed E-state index contributed by atoms with van der Waals surface area (Å²) >= 11 is 0. The zero-order valence-electron chi connectivity index (χ0n) is 20.8. The average molecular weight is 648 g/mol. The molecule has 0 amide bonds. The minimum Gasteiger partial charge on any atom is -0.304 e. The predicted molar refractivity (Wildman–Crippen MR) is 144 cm³/mol. The Morgan fingerprint density at radius 2 is 1.44 bits per heavy atom. The summed E-state index contributed by atoms with van der Waals surface area (Å²) in [5.41, 5.74) is 7.99. The van der Waals surface area contributed by atoms with Crippen molar-refractivity contribution in [1.82, 2.24) is 15.0 Å². The SMILES string of the molecule is Cc1cc(-c2[c-]cccc2)ncc1CC(C)C.[Ir].[c-]1ccc(-c2ccccc2)cc1-c1ncccn1. The summed E-state index contributed by atoms with van der Waals surface area (Å²) in [4.78, 5) is 13.0. The first-order valence-corrected chi connectivity index (χ1v) is 11.9. The van der Waals surface area contributed by atoms with Crippen LogP contribution in [0.3, 0.4) is 0 Å².